The average molecular weight is 216 g/mol. The number of benzene rings is 1. The summed E-state index contributed by atoms with van der Waals surface area (Å²) in [5.74, 6) is 2.23. The zero-order valence-electron chi connectivity index (χ0n) is 9.60. The molecule has 0 saturated carbocycles. The highest BCUT2D eigenvalue weighted by molar-refractivity contribution is 5.83. The van der Waals surface area contributed by atoms with E-state index in [0.717, 1.165) is 5.56 Å². The molecule has 0 saturated heterocycles. The third kappa shape index (κ3) is 2.77. The molecule has 0 spiro atoms. The van der Waals surface area contributed by atoms with Gasteiger partial charge in [-0.2, -0.15) is 0 Å². The molecule has 2 N–H and O–H groups in total. The molecule has 0 aliphatic heterocycles. The Bertz CT molecular complexity index is 420. The van der Waals surface area contributed by atoms with Gasteiger partial charge in [0, 0.05) is 12.7 Å². The molecule has 84 valence electrons. The minimum Gasteiger partial charge on any atom is -0.399 e. The molecule has 16 heavy (non-hydrogen) atoms. The van der Waals surface area contributed by atoms with Crippen molar-refractivity contribution in [3.8, 4) is 12.3 Å². The molecule has 1 atom stereocenters. The molecule has 0 aliphatic carbocycles. The van der Waals surface area contributed by atoms with Crippen molar-refractivity contribution in [1.82, 2.24) is 4.90 Å². The second kappa shape index (κ2) is 5.22. The van der Waals surface area contributed by atoms with Gasteiger partial charge in [-0.05, 0) is 24.6 Å². The standard InChI is InChI=1S/C13H16N2O/c1-4-8-15(3)13(16)10(2)11-6-5-7-12(14)9-11/h1,5-7,9-10H,8,14H2,2-3H3. The summed E-state index contributed by atoms with van der Waals surface area (Å²) in [6.45, 7) is 2.18. The lowest BCUT2D eigenvalue weighted by Crippen LogP contribution is -2.30. The molecule has 1 aromatic rings. The number of carbonyl (C=O) groups excluding carboxylic acids is 1. The van der Waals surface area contributed by atoms with Crippen molar-refractivity contribution in [2.24, 2.45) is 0 Å². The van der Waals surface area contributed by atoms with Crippen molar-refractivity contribution in [3.63, 3.8) is 0 Å². The lowest BCUT2D eigenvalue weighted by atomic mass is 9.99. The van der Waals surface area contributed by atoms with Gasteiger partial charge in [0.2, 0.25) is 5.91 Å². The van der Waals surface area contributed by atoms with Crippen molar-refractivity contribution < 1.29 is 4.79 Å². The van der Waals surface area contributed by atoms with Crippen molar-refractivity contribution in [1.29, 1.82) is 0 Å². The number of hydrogen-bond acceptors (Lipinski definition) is 2. The molecule has 3 nitrogen and oxygen atoms in total. The van der Waals surface area contributed by atoms with E-state index in [2.05, 4.69) is 5.92 Å². The SMILES string of the molecule is C#CCN(C)C(=O)C(C)c1cccc(N)c1. The van der Waals surface area contributed by atoms with Crippen LogP contribution in [0.4, 0.5) is 5.69 Å². The summed E-state index contributed by atoms with van der Waals surface area (Å²) in [5, 5.41) is 0. The van der Waals surface area contributed by atoms with Crippen LogP contribution in [-0.4, -0.2) is 24.4 Å². The Morgan fingerprint density at radius 1 is 1.62 bits per heavy atom. The van der Waals surface area contributed by atoms with Gasteiger partial charge in [0.05, 0.1) is 12.5 Å². The summed E-state index contributed by atoms with van der Waals surface area (Å²) >= 11 is 0. The predicted octanol–water partition coefficient (Wildman–Crippen LogP) is 1.46. The molecule has 1 aromatic carbocycles. The minimum absolute atomic E-state index is 0.00329. The lowest BCUT2D eigenvalue weighted by molar-refractivity contribution is -0.130. The lowest BCUT2D eigenvalue weighted by Gasteiger charge is -2.19. The van der Waals surface area contributed by atoms with Crippen LogP contribution in [0.1, 0.15) is 18.4 Å². The second-order valence-electron chi connectivity index (χ2n) is 3.79. The molecule has 0 heterocycles. The van der Waals surface area contributed by atoms with Crippen LogP contribution in [0.2, 0.25) is 0 Å². The van der Waals surface area contributed by atoms with E-state index in [0.29, 0.717) is 12.2 Å². The molecule has 0 aromatic heterocycles. The van der Waals surface area contributed by atoms with Crippen molar-refractivity contribution >= 4 is 11.6 Å². The third-order valence-electron chi connectivity index (χ3n) is 2.49. The van der Waals surface area contributed by atoms with Crippen LogP contribution in [0.15, 0.2) is 24.3 Å². The number of likely N-dealkylation sites (N-methyl/N-ethyl adjacent to an activating group) is 1. The monoisotopic (exact) mass is 216 g/mol. The minimum atomic E-state index is -0.221. The van der Waals surface area contributed by atoms with E-state index in [1.165, 1.54) is 4.90 Å². The summed E-state index contributed by atoms with van der Waals surface area (Å²) in [4.78, 5) is 13.5. The largest absolute Gasteiger partial charge is 0.399 e. The van der Waals surface area contributed by atoms with Crippen molar-refractivity contribution in [2.75, 3.05) is 19.3 Å². The number of anilines is 1. The zero-order valence-corrected chi connectivity index (χ0v) is 9.60. The van der Waals surface area contributed by atoms with Gasteiger partial charge in [-0.3, -0.25) is 4.79 Å². The number of nitrogen functional groups attached to an aromatic ring is 1. The Hall–Kier alpha value is -1.95. The highest BCUT2D eigenvalue weighted by Gasteiger charge is 2.18. The Morgan fingerprint density at radius 3 is 2.88 bits per heavy atom. The summed E-state index contributed by atoms with van der Waals surface area (Å²) in [6.07, 6.45) is 5.17. The van der Waals surface area contributed by atoms with Gasteiger partial charge < -0.3 is 10.6 Å². The number of terminal acetylenes is 1. The fraction of sp³-hybridized carbons (Fsp3) is 0.308. The highest BCUT2D eigenvalue weighted by atomic mass is 16.2. The van der Waals surface area contributed by atoms with E-state index >= 15 is 0 Å². The number of carbonyl (C=O) groups is 1. The number of nitrogens with zero attached hydrogens (tertiary/aromatic N) is 1. The fourth-order valence-electron chi connectivity index (χ4n) is 1.52. The molecule has 0 bridgehead atoms. The molecule has 1 amide bonds. The maximum Gasteiger partial charge on any atom is 0.230 e. The van der Waals surface area contributed by atoms with Crippen LogP contribution in [0.25, 0.3) is 0 Å². The van der Waals surface area contributed by atoms with E-state index in [9.17, 15) is 4.79 Å². The first-order chi connectivity index (χ1) is 7.56. The molecule has 0 aliphatic rings. The van der Waals surface area contributed by atoms with Gasteiger partial charge in [-0.25, -0.2) is 0 Å². The van der Waals surface area contributed by atoms with E-state index in [4.69, 9.17) is 12.2 Å². The maximum atomic E-state index is 11.9. The predicted molar refractivity (Wildman–Crippen MR) is 65.7 cm³/mol. The first kappa shape index (κ1) is 12.1. The van der Waals surface area contributed by atoms with Gasteiger partial charge in [-0.15, -0.1) is 6.42 Å². The summed E-state index contributed by atoms with van der Waals surface area (Å²) in [7, 11) is 1.70. The van der Waals surface area contributed by atoms with E-state index in [1.807, 2.05) is 25.1 Å². The van der Waals surface area contributed by atoms with Crippen LogP contribution in [0.3, 0.4) is 0 Å². The number of hydrogen-bond donors (Lipinski definition) is 1. The Morgan fingerprint density at radius 2 is 2.31 bits per heavy atom. The normalized spacial score (nSPS) is 11.6. The Labute approximate surface area is 96.2 Å². The van der Waals surface area contributed by atoms with Gasteiger partial charge in [-0.1, -0.05) is 18.1 Å². The summed E-state index contributed by atoms with van der Waals surface area (Å²) in [5.41, 5.74) is 7.25. The van der Waals surface area contributed by atoms with Crippen molar-refractivity contribution in [3.05, 3.63) is 29.8 Å². The first-order valence-electron chi connectivity index (χ1n) is 5.10. The van der Waals surface area contributed by atoms with Crippen LogP contribution in [0.5, 0.6) is 0 Å². The molecule has 0 fully saturated rings. The molecule has 0 radical (unpaired) electrons. The van der Waals surface area contributed by atoms with Crippen LogP contribution < -0.4 is 5.73 Å². The van der Waals surface area contributed by atoms with Crippen LogP contribution >= 0.6 is 0 Å². The topological polar surface area (TPSA) is 46.3 Å². The van der Waals surface area contributed by atoms with Gasteiger partial charge >= 0.3 is 0 Å². The molecular formula is C13H16N2O. The fourth-order valence-corrected chi connectivity index (χ4v) is 1.52. The van der Waals surface area contributed by atoms with Crippen LogP contribution in [-0.2, 0) is 4.79 Å². The highest BCUT2D eigenvalue weighted by Crippen LogP contribution is 2.19. The average Bonchev–Trinajstić information content (AvgIpc) is 2.27. The maximum absolute atomic E-state index is 11.9. The van der Waals surface area contributed by atoms with Crippen molar-refractivity contribution in [2.45, 2.75) is 12.8 Å². The molecular weight excluding hydrogens is 200 g/mol. The third-order valence-corrected chi connectivity index (χ3v) is 2.49. The Balaban J connectivity index is 2.82. The molecule has 3 heteroatoms. The number of nitrogens with two attached hydrogens (primary N) is 1. The second-order valence-corrected chi connectivity index (χ2v) is 3.79. The molecule has 1 unspecified atom stereocenters. The number of rotatable bonds is 3. The number of amides is 1. The zero-order chi connectivity index (χ0) is 12.1. The van der Waals surface area contributed by atoms with E-state index in [-0.39, 0.29) is 11.8 Å². The molecule has 1 rings (SSSR count). The summed E-state index contributed by atoms with van der Waals surface area (Å²) < 4.78 is 0. The van der Waals surface area contributed by atoms with E-state index in [1.54, 1.807) is 13.1 Å². The smallest absolute Gasteiger partial charge is 0.230 e. The van der Waals surface area contributed by atoms with Crippen LogP contribution in [0, 0.1) is 12.3 Å². The van der Waals surface area contributed by atoms with Gasteiger partial charge in [0.15, 0.2) is 0 Å². The van der Waals surface area contributed by atoms with Gasteiger partial charge in [0.25, 0.3) is 0 Å². The van der Waals surface area contributed by atoms with E-state index < -0.39 is 0 Å². The Kier molecular flexibility index (Phi) is 3.96. The first-order valence-corrected chi connectivity index (χ1v) is 5.10. The quantitative estimate of drug-likeness (QED) is 0.614. The summed E-state index contributed by atoms with van der Waals surface area (Å²) in [6, 6.07) is 7.34. The van der Waals surface area contributed by atoms with Gasteiger partial charge in [0.1, 0.15) is 0 Å².